The Morgan fingerprint density at radius 2 is 1.86 bits per heavy atom. The molecule has 2 amide bonds. The third-order valence-corrected chi connectivity index (χ3v) is 4.33. The predicted octanol–water partition coefficient (Wildman–Crippen LogP) is 3.11. The van der Waals surface area contributed by atoms with Crippen molar-refractivity contribution in [3.8, 4) is 0 Å². The molecule has 0 bridgehead atoms. The maximum absolute atomic E-state index is 12.3. The summed E-state index contributed by atoms with van der Waals surface area (Å²) in [5.41, 5.74) is 2.23. The van der Waals surface area contributed by atoms with Crippen molar-refractivity contribution in [3.63, 3.8) is 0 Å². The second kappa shape index (κ2) is 8.20. The van der Waals surface area contributed by atoms with Crippen LogP contribution < -0.4 is 5.32 Å². The van der Waals surface area contributed by atoms with E-state index in [1.165, 1.54) is 25.0 Å². The number of amides is 2. The van der Waals surface area contributed by atoms with Gasteiger partial charge >= 0.3 is 6.03 Å². The molecule has 0 radical (unpaired) electrons. The van der Waals surface area contributed by atoms with E-state index in [-0.39, 0.29) is 6.03 Å². The van der Waals surface area contributed by atoms with Gasteiger partial charge in [0.2, 0.25) is 0 Å². The van der Waals surface area contributed by atoms with Gasteiger partial charge in [-0.25, -0.2) is 4.79 Å². The third kappa shape index (κ3) is 5.04. The molecule has 5 nitrogen and oxygen atoms in total. The highest BCUT2D eigenvalue weighted by atomic mass is 16.2. The van der Waals surface area contributed by atoms with Gasteiger partial charge in [0, 0.05) is 31.9 Å². The molecular weight excluding hydrogens is 276 g/mol. The normalized spacial score (nSPS) is 17.7. The van der Waals surface area contributed by atoms with E-state index in [2.05, 4.69) is 30.3 Å². The Balaban J connectivity index is 1.76. The lowest BCUT2D eigenvalue weighted by atomic mass is 10.1. The molecule has 1 atom stereocenters. The molecule has 1 unspecified atom stereocenters. The first-order valence-corrected chi connectivity index (χ1v) is 8.60. The van der Waals surface area contributed by atoms with Gasteiger partial charge in [-0.15, -0.1) is 0 Å². The number of aromatic nitrogens is 2. The monoisotopic (exact) mass is 306 g/mol. The van der Waals surface area contributed by atoms with E-state index in [1.54, 1.807) is 0 Å². The molecule has 0 aliphatic carbocycles. The number of aryl methyl sites for hydroxylation is 2. The molecule has 22 heavy (non-hydrogen) atoms. The molecule has 1 aliphatic heterocycles. The van der Waals surface area contributed by atoms with Crippen molar-refractivity contribution in [2.75, 3.05) is 19.6 Å². The SMILES string of the molecule is Cc1cc(C)n(CC(C)CNC(=O)N2CCCCCCC2)n1. The van der Waals surface area contributed by atoms with Crippen LogP contribution in [0.15, 0.2) is 6.07 Å². The number of rotatable bonds is 4. The number of carbonyl (C=O) groups excluding carboxylic acids is 1. The topological polar surface area (TPSA) is 50.2 Å². The average Bonchev–Trinajstić information content (AvgIpc) is 2.74. The number of hydrogen-bond donors (Lipinski definition) is 1. The molecule has 2 rings (SSSR count). The quantitative estimate of drug-likeness (QED) is 0.929. The fraction of sp³-hybridized carbons (Fsp3) is 0.765. The van der Waals surface area contributed by atoms with Crippen LogP contribution in [-0.2, 0) is 6.54 Å². The standard InChI is InChI=1S/C17H30N4O/c1-14(13-21-16(3)11-15(2)19-21)12-18-17(22)20-9-7-5-4-6-8-10-20/h11,14H,4-10,12-13H2,1-3H3,(H,18,22). The largest absolute Gasteiger partial charge is 0.338 e. The average molecular weight is 306 g/mol. The minimum atomic E-state index is 0.0992. The van der Waals surface area contributed by atoms with Crippen LogP contribution in [0.1, 0.15) is 50.4 Å². The number of nitrogens with zero attached hydrogens (tertiary/aromatic N) is 3. The summed E-state index contributed by atoms with van der Waals surface area (Å²) in [6.45, 7) is 9.59. The van der Waals surface area contributed by atoms with Crippen molar-refractivity contribution in [2.24, 2.45) is 5.92 Å². The fourth-order valence-electron chi connectivity index (χ4n) is 3.04. The number of urea groups is 1. The molecule has 0 aromatic carbocycles. The molecule has 2 heterocycles. The van der Waals surface area contributed by atoms with Crippen molar-refractivity contribution in [2.45, 2.75) is 59.4 Å². The molecule has 1 saturated heterocycles. The minimum absolute atomic E-state index is 0.0992. The molecule has 0 spiro atoms. The maximum Gasteiger partial charge on any atom is 0.317 e. The molecule has 1 aromatic rings. The van der Waals surface area contributed by atoms with Gasteiger partial charge in [-0.2, -0.15) is 5.10 Å². The second-order valence-electron chi connectivity index (χ2n) is 6.66. The Hall–Kier alpha value is -1.52. The smallest absolute Gasteiger partial charge is 0.317 e. The Morgan fingerprint density at radius 1 is 1.23 bits per heavy atom. The van der Waals surface area contributed by atoms with Crippen LogP contribution in [0, 0.1) is 19.8 Å². The van der Waals surface area contributed by atoms with E-state index in [0.29, 0.717) is 12.5 Å². The third-order valence-electron chi connectivity index (χ3n) is 4.33. The van der Waals surface area contributed by atoms with E-state index in [0.717, 1.165) is 38.2 Å². The summed E-state index contributed by atoms with van der Waals surface area (Å²) in [6.07, 6.45) is 6.08. The maximum atomic E-state index is 12.3. The van der Waals surface area contributed by atoms with Gasteiger partial charge in [-0.3, -0.25) is 4.68 Å². The molecular formula is C17H30N4O. The Bertz CT molecular complexity index is 475. The summed E-state index contributed by atoms with van der Waals surface area (Å²) in [4.78, 5) is 14.3. The molecule has 124 valence electrons. The highest BCUT2D eigenvalue weighted by Crippen LogP contribution is 2.11. The number of hydrogen-bond acceptors (Lipinski definition) is 2. The van der Waals surface area contributed by atoms with Gasteiger partial charge in [0.15, 0.2) is 0 Å². The zero-order valence-electron chi connectivity index (χ0n) is 14.3. The summed E-state index contributed by atoms with van der Waals surface area (Å²) in [7, 11) is 0. The first kappa shape index (κ1) is 16.8. The molecule has 5 heteroatoms. The van der Waals surface area contributed by atoms with Gasteiger partial charge in [-0.05, 0) is 38.7 Å². The van der Waals surface area contributed by atoms with E-state index >= 15 is 0 Å². The highest BCUT2D eigenvalue weighted by Gasteiger charge is 2.15. The second-order valence-corrected chi connectivity index (χ2v) is 6.66. The lowest BCUT2D eigenvalue weighted by molar-refractivity contribution is 0.190. The number of likely N-dealkylation sites (tertiary alicyclic amines) is 1. The number of carbonyl (C=O) groups is 1. The summed E-state index contributed by atoms with van der Waals surface area (Å²) in [5.74, 6) is 0.372. The van der Waals surface area contributed by atoms with Crippen LogP contribution in [-0.4, -0.2) is 40.3 Å². The van der Waals surface area contributed by atoms with Crippen molar-refractivity contribution in [1.82, 2.24) is 20.0 Å². The molecule has 1 aliphatic rings. The first-order chi connectivity index (χ1) is 10.6. The molecule has 1 N–H and O–H groups in total. The van der Waals surface area contributed by atoms with Crippen LogP contribution in [0.2, 0.25) is 0 Å². The van der Waals surface area contributed by atoms with Crippen molar-refractivity contribution < 1.29 is 4.79 Å². The van der Waals surface area contributed by atoms with E-state index < -0.39 is 0 Å². The van der Waals surface area contributed by atoms with Crippen molar-refractivity contribution >= 4 is 6.03 Å². The Morgan fingerprint density at radius 3 is 2.45 bits per heavy atom. The van der Waals surface area contributed by atoms with E-state index in [9.17, 15) is 4.79 Å². The van der Waals surface area contributed by atoms with Crippen LogP contribution in [0.3, 0.4) is 0 Å². The first-order valence-electron chi connectivity index (χ1n) is 8.60. The Kier molecular flexibility index (Phi) is 6.28. The molecule has 0 saturated carbocycles. The molecule has 1 aromatic heterocycles. The van der Waals surface area contributed by atoms with Crippen LogP contribution >= 0.6 is 0 Å². The predicted molar refractivity (Wildman–Crippen MR) is 88.9 cm³/mol. The summed E-state index contributed by atoms with van der Waals surface area (Å²) in [5, 5.41) is 7.58. The summed E-state index contributed by atoms with van der Waals surface area (Å²) in [6, 6.07) is 2.19. The zero-order chi connectivity index (χ0) is 15.9. The lowest BCUT2D eigenvalue weighted by Crippen LogP contribution is -2.43. The van der Waals surface area contributed by atoms with Gasteiger partial charge < -0.3 is 10.2 Å². The van der Waals surface area contributed by atoms with Crippen LogP contribution in [0.25, 0.3) is 0 Å². The lowest BCUT2D eigenvalue weighted by Gasteiger charge is -2.25. The van der Waals surface area contributed by atoms with E-state index in [4.69, 9.17) is 0 Å². The Labute approximate surface area is 134 Å². The number of nitrogens with one attached hydrogen (secondary N) is 1. The van der Waals surface area contributed by atoms with Crippen molar-refractivity contribution in [3.05, 3.63) is 17.5 Å². The summed E-state index contributed by atoms with van der Waals surface area (Å²) < 4.78 is 2.03. The fourth-order valence-corrected chi connectivity index (χ4v) is 3.04. The minimum Gasteiger partial charge on any atom is -0.338 e. The summed E-state index contributed by atoms with van der Waals surface area (Å²) >= 11 is 0. The van der Waals surface area contributed by atoms with Gasteiger partial charge in [-0.1, -0.05) is 26.2 Å². The molecule has 1 fully saturated rings. The van der Waals surface area contributed by atoms with E-state index in [1.807, 2.05) is 16.5 Å². The van der Waals surface area contributed by atoms with Gasteiger partial charge in [0.25, 0.3) is 0 Å². The van der Waals surface area contributed by atoms with Gasteiger partial charge in [0.1, 0.15) is 0 Å². The highest BCUT2D eigenvalue weighted by molar-refractivity contribution is 5.74. The van der Waals surface area contributed by atoms with Gasteiger partial charge in [0.05, 0.1) is 5.69 Å². The van der Waals surface area contributed by atoms with Crippen molar-refractivity contribution in [1.29, 1.82) is 0 Å². The van der Waals surface area contributed by atoms with Crippen LogP contribution in [0.5, 0.6) is 0 Å². The van der Waals surface area contributed by atoms with Crippen LogP contribution in [0.4, 0.5) is 4.79 Å². The zero-order valence-corrected chi connectivity index (χ0v) is 14.3.